The smallest absolute Gasteiger partial charge is 0.223 e. The van der Waals surface area contributed by atoms with E-state index in [1.54, 1.807) is 6.26 Å². The number of benzene rings is 1. The van der Waals surface area contributed by atoms with E-state index < -0.39 is 16.4 Å². The number of Topliss-reactive ketones (excluding diaryl/α,β-unsaturated/α-hetero) is 1. The summed E-state index contributed by atoms with van der Waals surface area (Å²) in [4.78, 5) is 25.1. The molecule has 25 heavy (non-hydrogen) atoms. The molecule has 4 rings (SSSR count). The Morgan fingerprint density at radius 1 is 1.44 bits per heavy atom. The van der Waals surface area contributed by atoms with Gasteiger partial charge in [0.1, 0.15) is 11.4 Å². The van der Waals surface area contributed by atoms with Crippen molar-refractivity contribution in [1.29, 1.82) is 0 Å². The minimum Gasteiger partial charge on any atom is -0.486 e. The lowest BCUT2D eigenvalue weighted by Crippen LogP contribution is -2.44. The van der Waals surface area contributed by atoms with Crippen LogP contribution in [0.25, 0.3) is 0 Å². The summed E-state index contributed by atoms with van der Waals surface area (Å²) in [5.74, 6) is 1.64. The zero-order valence-electron chi connectivity index (χ0n) is 14.5. The highest BCUT2D eigenvalue weighted by Gasteiger charge is 2.70. The van der Waals surface area contributed by atoms with E-state index in [4.69, 9.17) is 4.74 Å². The minimum absolute atomic E-state index is 0.0188. The van der Waals surface area contributed by atoms with Gasteiger partial charge in [0, 0.05) is 41.2 Å². The quantitative estimate of drug-likeness (QED) is 0.888. The van der Waals surface area contributed by atoms with Crippen LogP contribution in [-0.2, 0) is 15.6 Å². The zero-order chi connectivity index (χ0) is 17.8. The minimum atomic E-state index is -0.907. The molecule has 1 aromatic rings. The van der Waals surface area contributed by atoms with Gasteiger partial charge in [-0.15, -0.1) is 0 Å². The molecule has 0 radical (unpaired) electrons. The first kappa shape index (κ1) is 16.8. The van der Waals surface area contributed by atoms with Gasteiger partial charge in [0.15, 0.2) is 5.78 Å². The third-order valence-electron chi connectivity index (χ3n) is 5.88. The van der Waals surface area contributed by atoms with E-state index in [1.165, 1.54) is 0 Å². The molecule has 0 saturated heterocycles. The van der Waals surface area contributed by atoms with Crippen LogP contribution in [0.3, 0.4) is 0 Å². The van der Waals surface area contributed by atoms with Gasteiger partial charge in [-0.05, 0) is 37.8 Å². The number of ketones is 1. The number of hydrogen-bond acceptors (Lipinski definition) is 4. The predicted molar refractivity (Wildman–Crippen MR) is 95.1 cm³/mol. The zero-order valence-corrected chi connectivity index (χ0v) is 15.4. The average Bonchev–Trinajstić information content (AvgIpc) is 3.20. The topological polar surface area (TPSA) is 72.5 Å². The standard InChI is InChI=1S/C19H23NO4S/c1-11-3-4-15-13(9-11)14(21)10-19(24-15)6-5-12-16(17(12)19)18(22)20-7-8-25(2)23/h3-4,9,12,16-17H,5-8,10H2,1-2H3,(H,20,22)/t12-,16+,17+,19+,25+/m1/s1. The van der Waals surface area contributed by atoms with Crippen molar-refractivity contribution < 1.29 is 18.5 Å². The van der Waals surface area contributed by atoms with Crippen molar-refractivity contribution in [2.75, 3.05) is 18.6 Å². The predicted octanol–water partition coefficient (Wildman–Crippen LogP) is 1.85. The lowest BCUT2D eigenvalue weighted by atomic mass is 9.84. The van der Waals surface area contributed by atoms with Crippen LogP contribution in [-0.4, -0.2) is 40.1 Å². The molecule has 134 valence electrons. The van der Waals surface area contributed by atoms with E-state index in [-0.39, 0.29) is 23.5 Å². The van der Waals surface area contributed by atoms with Crippen LogP contribution in [0.4, 0.5) is 0 Å². The maximum atomic E-state index is 12.7. The van der Waals surface area contributed by atoms with Crippen molar-refractivity contribution in [3.63, 3.8) is 0 Å². The molecule has 1 N–H and O–H groups in total. The van der Waals surface area contributed by atoms with E-state index in [9.17, 15) is 13.8 Å². The molecule has 2 saturated carbocycles. The van der Waals surface area contributed by atoms with Crippen molar-refractivity contribution in [3.05, 3.63) is 29.3 Å². The van der Waals surface area contributed by atoms with Crippen molar-refractivity contribution in [3.8, 4) is 5.75 Å². The number of carbonyl (C=O) groups is 2. The molecule has 3 aliphatic rings. The first-order valence-corrected chi connectivity index (χ1v) is 10.5. The maximum absolute atomic E-state index is 12.7. The van der Waals surface area contributed by atoms with Crippen LogP contribution in [0.5, 0.6) is 5.75 Å². The van der Waals surface area contributed by atoms with Crippen molar-refractivity contribution >= 4 is 22.5 Å². The molecule has 5 nitrogen and oxygen atoms in total. The number of hydrogen-bond donors (Lipinski definition) is 1. The SMILES string of the molecule is Cc1ccc2c(c1)C(=O)C[C@]1(CC[C@@H]3[C@H](C(=O)NCC[S@](C)=O)[C@H]31)O2. The fourth-order valence-corrected chi connectivity index (χ4v) is 5.11. The van der Waals surface area contributed by atoms with Gasteiger partial charge in [-0.1, -0.05) is 11.6 Å². The Bertz CT molecular complexity index is 777. The number of nitrogens with one attached hydrogen (secondary N) is 1. The Hall–Kier alpha value is -1.69. The Labute approximate surface area is 150 Å². The number of carbonyl (C=O) groups excluding carboxylic acids is 2. The monoisotopic (exact) mass is 361 g/mol. The summed E-state index contributed by atoms with van der Waals surface area (Å²) in [6.07, 6.45) is 3.77. The van der Waals surface area contributed by atoms with Gasteiger partial charge >= 0.3 is 0 Å². The summed E-state index contributed by atoms with van der Waals surface area (Å²) < 4.78 is 17.5. The van der Waals surface area contributed by atoms with E-state index in [0.717, 1.165) is 18.4 Å². The second-order valence-electron chi connectivity index (χ2n) is 7.59. The van der Waals surface area contributed by atoms with Gasteiger partial charge in [-0.2, -0.15) is 0 Å². The number of amides is 1. The highest BCUT2D eigenvalue weighted by molar-refractivity contribution is 7.84. The number of fused-ring (bicyclic) bond motifs is 3. The normalized spacial score (nSPS) is 33.4. The number of rotatable bonds is 4. The van der Waals surface area contributed by atoms with Gasteiger partial charge in [0.25, 0.3) is 0 Å². The van der Waals surface area contributed by atoms with Crippen molar-refractivity contribution in [2.24, 2.45) is 17.8 Å². The third-order valence-corrected chi connectivity index (χ3v) is 6.66. The van der Waals surface area contributed by atoms with Gasteiger partial charge in [-0.3, -0.25) is 13.8 Å². The summed E-state index contributed by atoms with van der Waals surface area (Å²) in [5, 5.41) is 2.89. The highest BCUT2D eigenvalue weighted by atomic mass is 32.2. The van der Waals surface area contributed by atoms with Crippen LogP contribution >= 0.6 is 0 Å². The lowest BCUT2D eigenvalue weighted by molar-refractivity contribution is -0.124. The molecule has 1 aromatic carbocycles. The first-order chi connectivity index (χ1) is 11.9. The lowest BCUT2D eigenvalue weighted by Gasteiger charge is -2.37. The van der Waals surface area contributed by atoms with Crippen LogP contribution in [0.15, 0.2) is 18.2 Å². The molecular weight excluding hydrogens is 338 g/mol. The number of aryl methyl sites for hydroxylation is 1. The summed E-state index contributed by atoms with van der Waals surface area (Å²) >= 11 is 0. The Morgan fingerprint density at radius 3 is 3.00 bits per heavy atom. The Balaban J connectivity index is 1.49. The van der Waals surface area contributed by atoms with Gasteiger partial charge < -0.3 is 10.1 Å². The Kier molecular flexibility index (Phi) is 3.98. The van der Waals surface area contributed by atoms with Crippen LogP contribution in [0, 0.1) is 24.7 Å². The largest absolute Gasteiger partial charge is 0.486 e. The second-order valence-corrected chi connectivity index (χ2v) is 9.14. The molecule has 0 bridgehead atoms. The van der Waals surface area contributed by atoms with Gasteiger partial charge in [0.05, 0.1) is 12.0 Å². The van der Waals surface area contributed by atoms with Crippen LogP contribution < -0.4 is 10.1 Å². The first-order valence-electron chi connectivity index (χ1n) is 8.82. The molecule has 1 amide bonds. The highest BCUT2D eigenvalue weighted by Crippen LogP contribution is 2.65. The molecule has 1 heterocycles. The fourth-order valence-electron chi connectivity index (χ4n) is 4.72. The van der Waals surface area contributed by atoms with E-state index in [1.807, 2.05) is 25.1 Å². The molecule has 1 spiro atoms. The second kappa shape index (κ2) is 5.94. The molecule has 2 fully saturated rings. The summed E-state index contributed by atoms with van der Waals surface area (Å²) in [5.41, 5.74) is 1.20. The van der Waals surface area contributed by atoms with Crippen molar-refractivity contribution in [2.45, 2.75) is 31.8 Å². The van der Waals surface area contributed by atoms with Crippen LogP contribution in [0.2, 0.25) is 0 Å². The van der Waals surface area contributed by atoms with Crippen LogP contribution in [0.1, 0.15) is 35.2 Å². The molecular formula is C19H23NO4S. The van der Waals surface area contributed by atoms with E-state index in [2.05, 4.69) is 5.32 Å². The van der Waals surface area contributed by atoms with Crippen molar-refractivity contribution in [1.82, 2.24) is 5.32 Å². The number of ether oxygens (including phenoxy) is 1. The maximum Gasteiger partial charge on any atom is 0.223 e. The molecule has 2 aliphatic carbocycles. The molecule has 1 aliphatic heterocycles. The van der Waals surface area contributed by atoms with E-state index in [0.29, 0.717) is 35.9 Å². The van der Waals surface area contributed by atoms with Gasteiger partial charge in [-0.25, -0.2) is 0 Å². The van der Waals surface area contributed by atoms with E-state index >= 15 is 0 Å². The molecule has 6 heteroatoms. The molecule has 0 unspecified atom stereocenters. The average molecular weight is 361 g/mol. The summed E-state index contributed by atoms with van der Waals surface area (Å²) in [6.45, 7) is 2.40. The summed E-state index contributed by atoms with van der Waals surface area (Å²) in [6, 6.07) is 5.73. The van der Waals surface area contributed by atoms with Gasteiger partial charge in [0.2, 0.25) is 5.91 Å². The molecule has 0 aromatic heterocycles. The third kappa shape index (κ3) is 2.80. The summed E-state index contributed by atoms with van der Waals surface area (Å²) in [7, 11) is -0.907. The fraction of sp³-hybridized carbons (Fsp3) is 0.579. The molecule has 5 atom stereocenters. The Morgan fingerprint density at radius 2 is 2.24 bits per heavy atom.